The van der Waals surface area contributed by atoms with Gasteiger partial charge in [0.05, 0.1) is 12.5 Å². The van der Waals surface area contributed by atoms with E-state index in [1.54, 1.807) is 35.2 Å². The fourth-order valence-corrected chi connectivity index (χ4v) is 6.62. The van der Waals surface area contributed by atoms with E-state index in [0.717, 1.165) is 43.0 Å². The van der Waals surface area contributed by atoms with Gasteiger partial charge in [0, 0.05) is 50.1 Å². The Morgan fingerprint density at radius 1 is 1.00 bits per heavy atom. The maximum Gasteiger partial charge on any atom is 0.287 e. The first-order chi connectivity index (χ1) is 22.3. The van der Waals surface area contributed by atoms with Gasteiger partial charge in [0.1, 0.15) is 6.04 Å². The van der Waals surface area contributed by atoms with Crippen molar-refractivity contribution in [2.24, 2.45) is 0 Å². The van der Waals surface area contributed by atoms with Crippen LogP contribution in [0.3, 0.4) is 0 Å². The first-order valence-corrected chi connectivity index (χ1v) is 16.0. The lowest BCUT2D eigenvalue weighted by Crippen LogP contribution is -2.51. The number of carbonyl (C=O) groups is 3. The van der Waals surface area contributed by atoms with E-state index in [-0.39, 0.29) is 40.9 Å². The Morgan fingerprint density at radius 2 is 1.76 bits per heavy atom. The number of fused-ring (bicyclic) bond motifs is 1. The summed E-state index contributed by atoms with van der Waals surface area (Å²) in [5.41, 5.74) is 2.98. The Kier molecular flexibility index (Phi) is 9.40. The van der Waals surface area contributed by atoms with Crippen molar-refractivity contribution in [3.63, 3.8) is 0 Å². The quantitative estimate of drug-likeness (QED) is 0.265. The highest BCUT2D eigenvalue weighted by atomic mass is 35.5. The summed E-state index contributed by atoms with van der Waals surface area (Å²) in [5, 5.41) is 3.71. The number of rotatable bonds is 9. The number of carbonyl (C=O) groups excluding carboxylic acids is 3. The van der Waals surface area contributed by atoms with E-state index in [9.17, 15) is 19.2 Å². The highest BCUT2D eigenvalue weighted by Gasteiger charge is 2.32. The van der Waals surface area contributed by atoms with Gasteiger partial charge in [-0.05, 0) is 66.1 Å². The van der Waals surface area contributed by atoms with Crippen LogP contribution in [0.5, 0.6) is 5.75 Å². The van der Waals surface area contributed by atoms with Crippen LogP contribution >= 0.6 is 11.6 Å². The van der Waals surface area contributed by atoms with Crippen LogP contribution in [-0.4, -0.2) is 60.3 Å². The normalized spacial score (nSPS) is 16.1. The summed E-state index contributed by atoms with van der Waals surface area (Å²) in [5.74, 6) is -0.302. The lowest BCUT2D eigenvalue weighted by molar-refractivity contribution is -0.134. The molecule has 3 amide bonds. The average molecular weight is 642 g/mol. The zero-order valence-corrected chi connectivity index (χ0v) is 26.4. The standard InChI is InChI=1S/C36H36ClN3O6/c1-45-31-9-4-8-28-30(41)21-32(46-34(28)31)35(43)38-29(20-23-11-13-26(37)14-12-23)36(44)39-18-15-24(16-19-39)27-7-3-2-6-25(27)22-40-17-5-10-33(40)42/h2-4,6-9,11-14,21,24,29H,5,10,15-20,22H2,1H3,(H,38,43)/t29-/m1/s1. The fraction of sp³-hybridized carbons (Fsp3) is 0.333. The van der Waals surface area contributed by atoms with Crippen LogP contribution < -0.4 is 15.5 Å². The number of nitrogens with one attached hydrogen (secondary N) is 1. The smallest absolute Gasteiger partial charge is 0.287 e. The summed E-state index contributed by atoms with van der Waals surface area (Å²) in [6.07, 6.45) is 3.26. The lowest BCUT2D eigenvalue weighted by Gasteiger charge is -2.35. The number of methoxy groups -OCH3 is 1. The molecule has 3 aromatic carbocycles. The SMILES string of the molecule is COc1cccc2c(=O)cc(C(=O)N[C@H](Cc3ccc(Cl)cc3)C(=O)N3CCC(c4ccccc4CN4CCCC4=O)CC3)oc12. The summed E-state index contributed by atoms with van der Waals surface area (Å²) >= 11 is 6.10. The number of para-hydroxylation sites is 1. The number of hydrogen-bond donors (Lipinski definition) is 1. The van der Waals surface area contributed by atoms with Crippen molar-refractivity contribution in [2.45, 2.75) is 50.6 Å². The molecule has 0 aliphatic carbocycles. The molecule has 238 valence electrons. The molecule has 0 bridgehead atoms. The lowest BCUT2D eigenvalue weighted by atomic mass is 9.86. The third-order valence-corrected chi connectivity index (χ3v) is 9.20. The molecular weight excluding hydrogens is 606 g/mol. The van der Waals surface area contributed by atoms with Gasteiger partial charge in [0.25, 0.3) is 5.91 Å². The Morgan fingerprint density at radius 3 is 2.48 bits per heavy atom. The zero-order chi connectivity index (χ0) is 32.2. The third kappa shape index (κ3) is 6.79. The number of halogens is 1. The molecule has 2 fully saturated rings. The van der Waals surface area contributed by atoms with Gasteiger partial charge in [-0.15, -0.1) is 0 Å². The van der Waals surface area contributed by atoms with Crippen LogP contribution in [0.1, 0.15) is 58.8 Å². The molecule has 2 aliphatic heterocycles. The van der Waals surface area contributed by atoms with Gasteiger partial charge in [0.15, 0.2) is 22.5 Å². The van der Waals surface area contributed by atoms with Gasteiger partial charge in [-0.1, -0.05) is 54.1 Å². The molecule has 1 aromatic heterocycles. The van der Waals surface area contributed by atoms with Crippen LogP contribution in [0.25, 0.3) is 11.0 Å². The van der Waals surface area contributed by atoms with Gasteiger partial charge in [-0.3, -0.25) is 19.2 Å². The van der Waals surface area contributed by atoms with Crippen molar-refractivity contribution in [3.05, 3.63) is 110 Å². The Bertz CT molecular complexity index is 1810. The van der Waals surface area contributed by atoms with Gasteiger partial charge < -0.3 is 24.3 Å². The van der Waals surface area contributed by atoms with Crippen LogP contribution in [0, 0.1) is 0 Å². The predicted octanol–water partition coefficient (Wildman–Crippen LogP) is 5.32. The van der Waals surface area contributed by atoms with Gasteiger partial charge in [-0.25, -0.2) is 0 Å². The van der Waals surface area contributed by atoms with E-state index < -0.39 is 11.9 Å². The van der Waals surface area contributed by atoms with Crippen molar-refractivity contribution in [3.8, 4) is 5.75 Å². The summed E-state index contributed by atoms with van der Waals surface area (Å²) in [6, 6.07) is 20.6. The van der Waals surface area contributed by atoms with E-state index in [4.69, 9.17) is 20.8 Å². The van der Waals surface area contributed by atoms with E-state index in [1.165, 1.54) is 12.7 Å². The summed E-state index contributed by atoms with van der Waals surface area (Å²) < 4.78 is 11.2. The minimum absolute atomic E-state index is 0.166. The monoisotopic (exact) mass is 641 g/mol. The Balaban J connectivity index is 1.19. The van der Waals surface area contributed by atoms with Crippen molar-refractivity contribution in [1.82, 2.24) is 15.1 Å². The molecule has 3 heterocycles. The molecule has 9 nitrogen and oxygen atoms in total. The Labute approximate surface area is 272 Å². The topological polar surface area (TPSA) is 109 Å². The molecule has 0 unspecified atom stereocenters. The van der Waals surface area contributed by atoms with Gasteiger partial charge in [0.2, 0.25) is 11.8 Å². The second kappa shape index (κ2) is 13.8. The van der Waals surface area contributed by atoms with Crippen molar-refractivity contribution < 1.29 is 23.5 Å². The summed E-state index contributed by atoms with van der Waals surface area (Å²) in [4.78, 5) is 56.4. The van der Waals surface area contributed by atoms with Gasteiger partial charge in [-0.2, -0.15) is 0 Å². The molecule has 0 radical (unpaired) electrons. The summed E-state index contributed by atoms with van der Waals surface area (Å²) in [6.45, 7) is 2.45. The van der Waals surface area contributed by atoms with E-state index >= 15 is 0 Å². The molecule has 0 spiro atoms. The molecule has 2 saturated heterocycles. The first-order valence-electron chi connectivity index (χ1n) is 15.6. The number of hydrogen-bond acceptors (Lipinski definition) is 6. The fourth-order valence-electron chi connectivity index (χ4n) is 6.49. The largest absolute Gasteiger partial charge is 0.493 e. The first kappa shape index (κ1) is 31.4. The second-order valence-electron chi connectivity index (χ2n) is 11.9. The number of nitrogens with zero attached hydrogens (tertiary/aromatic N) is 2. The minimum Gasteiger partial charge on any atom is -0.493 e. The van der Waals surface area contributed by atoms with Crippen molar-refractivity contribution >= 4 is 40.3 Å². The van der Waals surface area contributed by atoms with Crippen LogP contribution in [0.4, 0.5) is 0 Å². The maximum absolute atomic E-state index is 14.0. The van der Waals surface area contributed by atoms with E-state index in [1.807, 2.05) is 29.2 Å². The molecule has 4 aromatic rings. The maximum atomic E-state index is 14.0. The van der Waals surface area contributed by atoms with E-state index in [2.05, 4.69) is 17.4 Å². The Hall–Kier alpha value is -4.63. The molecule has 6 rings (SSSR count). The van der Waals surface area contributed by atoms with Crippen LogP contribution in [-0.2, 0) is 22.6 Å². The number of likely N-dealkylation sites (tertiary alicyclic amines) is 2. The second-order valence-corrected chi connectivity index (χ2v) is 12.3. The average Bonchev–Trinajstić information content (AvgIpc) is 3.48. The highest BCUT2D eigenvalue weighted by molar-refractivity contribution is 6.30. The van der Waals surface area contributed by atoms with Crippen LogP contribution in [0.2, 0.25) is 5.02 Å². The van der Waals surface area contributed by atoms with Crippen molar-refractivity contribution in [2.75, 3.05) is 26.7 Å². The van der Waals surface area contributed by atoms with E-state index in [0.29, 0.717) is 42.2 Å². The molecular formula is C36H36ClN3O6. The third-order valence-electron chi connectivity index (χ3n) is 8.95. The number of piperidine rings is 1. The number of amides is 3. The van der Waals surface area contributed by atoms with Crippen molar-refractivity contribution in [1.29, 1.82) is 0 Å². The molecule has 10 heteroatoms. The summed E-state index contributed by atoms with van der Waals surface area (Å²) in [7, 11) is 1.46. The predicted molar refractivity (Wildman–Crippen MR) is 175 cm³/mol. The number of benzene rings is 3. The molecule has 1 atom stereocenters. The van der Waals surface area contributed by atoms with Crippen LogP contribution in [0.15, 0.2) is 82.0 Å². The highest BCUT2D eigenvalue weighted by Crippen LogP contribution is 2.32. The zero-order valence-electron chi connectivity index (χ0n) is 25.7. The molecule has 1 N–H and O–H groups in total. The van der Waals surface area contributed by atoms with Gasteiger partial charge >= 0.3 is 0 Å². The molecule has 2 aliphatic rings. The molecule has 0 saturated carbocycles. The molecule has 46 heavy (non-hydrogen) atoms. The number of ether oxygens (including phenoxy) is 1. The minimum atomic E-state index is -0.905.